The smallest absolute Gasteiger partial charge is 0.331 e. The molecule has 1 aromatic rings. The van der Waals surface area contributed by atoms with Gasteiger partial charge in [0.2, 0.25) is 5.91 Å². The number of aryl methyl sites for hydroxylation is 1. The van der Waals surface area contributed by atoms with Crippen LogP contribution in [0.25, 0.3) is 0 Å². The van der Waals surface area contributed by atoms with Crippen LogP contribution in [0.3, 0.4) is 0 Å². The Hall–Kier alpha value is -2.04. The Labute approximate surface area is 106 Å². The first-order valence-electron chi connectivity index (χ1n) is 5.51. The van der Waals surface area contributed by atoms with E-state index in [4.69, 9.17) is 9.47 Å². The highest BCUT2D eigenvalue weighted by molar-refractivity contribution is 5.81. The van der Waals surface area contributed by atoms with E-state index in [1.165, 1.54) is 26.0 Å². The van der Waals surface area contributed by atoms with E-state index >= 15 is 0 Å². The lowest BCUT2D eigenvalue weighted by Crippen LogP contribution is -2.32. The second-order valence-corrected chi connectivity index (χ2v) is 4.00. The summed E-state index contributed by atoms with van der Waals surface area (Å²) in [6.45, 7) is 3.21. The summed E-state index contributed by atoms with van der Waals surface area (Å²) in [5.41, 5.74) is 1.01. The van der Waals surface area contributed by atoms with Crippen molar-refractivity contribution >= 4 is 11.9 Å². The highest BCUT2D eigenvalue weighted by atomic mass is 16.6. The number of hydrogen-bond donors (Lipinski definition) is 0. The first-order valence-corrected chi connectivity index (χ1v) is 5.51. The van der Waals surface area contributed by atoms with Gasteiger partial charge in [0.05, 0.1) is 7.11 Å². The lowest BCUT2D eigenvalue weighted by molar-refractivity contribution is -0.140. The van der Waals surface area contributed by atoms with Gasteiger partial charge in [-0.15, -0.1) is 0 Å². The van der Waals surface area contributed by atoms with Crippen LogP contribution in [0.15, 0.2) is 18.2 Å². The molecule has 0 unspecified atom stereocenters. The zero-order chi connectivity index (χ0) is 13.7. The number of carbonyl (C=O) groups excluding carboxylic acids is 2. The van der Waals surface area contributed by atoms with Crippen molar-refractivity contribution in [1.82, 2.24) is 4.90 Å². The van der Waals surface area contributed by atoms with Crippen LogP contribution in [-0.4, -0.2) is 37.5 Å². The van der Waals surface area contributed by atoms with Crippen molar-refractivity contribution in [2.75, 3.05) is 20.7 Å². The van der Waals surface area contributed by atoms with Crippen molar-refractivity contribution in [3.63, 3.8) is 0 Å². The van der Waals surface area contributed by atoms with E-state index in [0.717, 1.165) is 5.56 Å². The molecule has 5 heteroatoms. The molecule has 0 aromatic heterocycles. The van der Waals surface area contributed by atoms with Crippen LogP contribution >= 0.6 is 0 Å². The molecule has 0 heterocycles. The Balaban J connectivity index is 2.73. The van der Waals surface area contributed by atoms with Crippen molar-refractivity contribution in [2.45, 2.75) is 13.8 Å². The number of rotatable bonds is 4. The predicted molar refractivity (Wildman–Crippen MR) is 66.7 cm³/mol. The third-order valence-electron chi connectivity index (χ3n) is 2.45. The Morgan fingerprint density at radius 2 is 1.94 bits per heavy atom. The molecule has 0 radical (unpaired) electrons. The van der Waals surface area contributed by atoms with Crippen LogP contribution in [0.4, 0.5) is 0 Å². The average Bonchev–Trinajstić information content (AvgIpc) is 2.31. The molecular formula is C13H17NO4. The van der Waals surface area contributed by atoms with E-state index < -0.39 is 5.97 Å². The molecular weight excluding hydrogens is 234 g/mol. The molecule has 0 spiro atoms. The van der Waals surface area contributed by atoms with Crippen LogP contribution in [-0.2, 0) is 9.59 Å². The normalized spacial score (nSPS) is 9.78. The van der Waals surface area contributed by atoms with Gasteiger partial charge in [0.25, 0.3) is 0 Å². The van der Waals surface area contributed by atoms with Gasteiger partial charge >= 0.3 is 5.97 Å². The van der Waals surface area contributed by atoms with Gasteiger partial charge < -0.3 is 14.4 Å². The fourth-order valence-electron chi connectivity index (χ4n) is 1.32. The van der Waals surface area contributed by atoms with Gasteiger partial charge in [0.1, 0.15) is 6.54 Å². The zero-order valence-electron chi connectivity index (χ0n) is 11.0. The van der Waals surface area contributed by atoms with Gasteiger partial charge in [-0.3, -0.25) is 4.79 Å². The Bertz CT molecular complexity index is 456. The van der Waals surface area contributed by atoms with Crippen molar-refractivity contribution in [3.05, 3.63) is 23.8 Å². The second-order valence-electron chi connectivity index (χ2n) is 4.00. The van der Waals surface area contributed by atoms with Gasteiger partial charge in [-0.25, -0.2) is 4.79 Å². The molecule has 0 aliphatic carbocycles. The minimum Gasteiger partial charge on any atom is -0.493 e. The standard InChI is InChI=1S/C13H17NO4/c1-9-5-6-11(12(7-9)17-4)18-13(16)8-14(3)10(2)15/h5-7H,8H2,1-4H3. The van der Waals surface area contributed by atoms with Crippen LogP contribution in [0.1, 0.15) is 12.5 Å². The SMILES string of the molecule is COc1cc(C)ccc1OC(=O)CN(C)C(C)=O. The molecule has 0 N–H and O–H groups in total. The Morgan fingerprint density at radius 3 is 2.50 bits per heavy atom. The number of hydrogen-bond acceptors (Lipinski definition) is 4. The molecule has 0 aliphatic rings. The average molecular weight is 251 g/mol. The van der Waals surface area contributed by atoms with Crippen molar-refractivity contribution < 1.29 is 19.1 Å². The summed E-state index contributed by atoms with van der Waals surface area (Å²) in [6.07, 6.45) is 0. The molecule has 18 heavy (non-hydrogen) atoms. The lowest BCUT2D eigenvalue weighted by Gasteiger charge is -2.14. The van der Waals surface area contributed by atoms with E-state index in [1.54, 1.807) is 12.1 Å². The van der Waals surface area contributed by atoms with E-state index in [1.807, 2.05) is 13.0 Å². The minimum absolute atomic E-state index is 0.0909. The van der Waals surface area contributed by atoms with Crippen LogP contribution in [0.2, 0.25) is 0 Å². The van der Waals surface area contributed by atoms with Gasteiger partial charge in [-0.05, 0) is 24.6 Å². The first-order chi connectivity index (χ1) is 8.43. The highest BCUT2D eigenvalue weighted by Crippen LogP contribution is 2.27. The monoisotopic (exact) mass is 251 g/mol. The summed E-state index contributed by atoms with van der Waals surface area (Å²) in [6, 6.07) is 5.26. The van der Waals surface area contributed by atoms with Gasteiger partial charge in [0, 0.05) is 14.0 Å². The molecule has 0 atom stereocenters. The lowest BCUT2D eigenvalue weighted by atomic mass is 10.2. The number of carbonyl (C=O) groups is 2. The maximum absolute atomic E-state index is 11.6. The number of nitrogens with zero attached hydrogens (tertiary/aromatic N) is 1. The summed E-state index contributed by atoms with van der Waals surface area (Å²) in [5.74, 6) is 0.150. The quantitative estimate of drug-likeness (QED) is 0.599. The van der Waals surface area contributed by atoms with E-state index in [2.05, 4.69) is 0 Å². The molecule has 1 amide bonds. The number of benzene rings is 1. The van der Waals surface area contributed by atoms with Gasteiger partial charge in [-0.2, -0.15) is 0 Å². The van der Waals surface area contributed by atoms with Gasteiger partial charge in [0.15, 0.2) is 11.5 Å². The van der Waals surface area contributed by atoms with Crippen molar-refractivity contribution in [3.8, 4) is 11.5 Å². The maximum Gasteiger partial charge on any atom is 0.331 e. The molecule has 0 fully saturated rings. The van der Waals surface area contributed by atoms with E-state index in [0.29, 0.717) is 11.5 Å². The second kappa shape index (κ2) is 6.05. The topological polar surface area (TPSA) is 55.8 Å². The summed E-state index contributed by atoms with van der Waals surface area (Å²) >= 11 is 0. The van der Waals surface area contributed by atoms with E-state index in [9.17, 15) is 9.59 Å². The fraction of sp³-hybridized carbons (Fsp3) is 0.385. The summed E-state index contributed by atoms with van der Waals surface area (Å²) in [7, 11) is 3.05. The van der Waals surface area contributed by atoms with Crippen molar-refractivity contribution in [2.24, 2.45) is 0 Å². The molecule has 5 nitrogen and oxygen atoms in total. The molecule has 0 bridgehead atoms. The third-order valence-corrected chi connectivity index (χ3v) is 2.45. The highest BCUT2D eigenvalue weighted by Gasteiger charge is 2.13. The predicted octanol–water partition coefficient (Wildman–Crippen LogP) is 1.39. The molecule has 0 saturated heterocycles. The molecule has 98 valence electrons. The van der Waals surface area contributed by atoms with Crippen molar-refractivity contribution in [1.29, 1.82) is 0 Å². The minimum atomic E-state index is -0.505. The van der Waals surface area contributed by atoms with Crippen LogP contribution < -0.4 is 9.47 Å². The largest absolute Gasteiger partial charge is 0.493 e. The molecule has 1 rings (SSSR count). The number of esters is 1. The number of ether oxygens (including phenoxy) is 2. The molecule has 1 aromatic carbocycles. The zero-order valence-corrected chi connectivity index (χ0v) is 11.0. The summed E-state index contributed by atoms with van der Waals surface area (Å²) < 4.78 is 10.3. The van der Waals surface area contributed by atoms with Crippen LogP contribution in [0.5, 0.6) is 11.5 Å². The fourth-order valence-corrected chi connectivity index (χ4v) is 1.32. The van der Waals surface area contributed by atoms with E-state index in [-0.39, 0.29) is 12.5 Å². The molecule has 0 aliphatic heterocycles. The van der Waals surface area contributed by atoms with Gasteiger partial charge in [-0.1, -0.05) is 6.07 Å². The summed E-state index contributed by atoms with van der Waals surface area (Å²) in [4.78, 5) is 23.9. The third kappa shape index (κ3) is 3.76. The Morgan fingerprint density at radius 1 is 1.28 bits per heavy atom. The first kappa shape index (κ1) is 14.0. The molecule has 0 saturated carbocycles. The number of likely N-dealkylation sites (N-methyl/N-ethyl adjacent to an activating group) is 1. The number of amides is 1. The maximum atomic E-state index is 11.6. The van der Waals surface area contributed by atoms with Crippen LogP contribution in [0, 0.1) is 6.92 Å². The Kier molecular flexibility index (Phi) is 4.71. The summed E-state index contributed by atoms with van der Waals surface area (Å²) in [5, 5.41) is 0. The number of methoxy groups -OCH3 is 1.